The molecule has 0 radical (unpaired) electrons. The van der Waals surface area contributed by atoms with Gasteiger partial charge in [-0.25, -0.2) is 0 Å². The van der Waals surface area contributed by atoms with Crippen LogP contribution in [0.2, 0.25) is 0 Å². The molecular weight excluding hydrogens is 248 g/mol. The quantitative estimate of drug-likeness (QED) is 0.613. The molecule has 0 spiro atoms. The number of benzene rings is 2. The number of hydrogen-bond donors (Lipinski definition) is 0. The molecule has 2 aromatic rings. The predicted molar refractivity (Wildman–Crippen MR) is 80.7 cm³/mol. The Bertz CT molecular complexity index is 404. The zero-order valence-electron chi connectivity index (χ0n) is 11.6. The van der Waals surface area contributed by atoms with Gasteiger partial charge in [0.25, 0.3) is 0 Å². The molecule has 2 nitrogen and oxygen atoms in total. The summed E-state index contributed by atoms with van der Waals surface area (Å²) in [6.07, 6.45) is 0. The molecule has 0 heterocycles. The minimum Gasteiger partial charge on any atom is -0.499 e. The molecule has 0 unspecified atom stereocenters. The minimum absolute atomic E-state index is 0. The van der Waals surface area contributed by atoms with Crippen LogP contribution in [0.1, 0.15) is 11.1 Å². The Kier molecular flexibility index (Phi) is 8.75. The summed E-state index contributed by atoms with van der Waals surface area (Å²) in [6.45, 7) is 7.48. The molecule has 0 fully saturated rings. The van der Waals surface area contributed by atoms with Crippen molar-refractivity contribution in [3.63, 3.8) is 0 Å². The third-order valence-corrected chi connectivity index (χ3v) is 2.32. The molecule has 96 valence electrons. The Hall–Kier alpha value is -1.45. The summed E-state index contributed by atoms with van der Waals surface area (Å²) >= 11 is 0. The Balaban J connectivity index is 0.000000324. The van der Waals surface area contributed by atoms with Gasteiger partial charge in [0.05, 0.1) is 25.7 Å². The topological polar surface area (TPSA) is 18.5 Å². The molecule has 19 heavy (non-hydrogen) atoms. The maximum absolute atomic E-state index is 4.94. The van der Waals surface area contributed by atoms with Gasteiger partial charge in [0.2, 0.25) is 0 Å². The van der Waals surface area contributed by atoms with Crippen molar-refractivity contribution < 1.29 is 9.47 Å². The molecule has 0 aliphatic carbocycles. The number of ether oxygens (including phenoxy) is 2. The molecule has 0 aliphatic heterocycles. The van der Waals surface area contributed by atoms with Crippen LogP contribution < -0.4 is 9.47 Å². The number of hydrogen-bond acceptors (Lipinski definition) is 2. The first-order chi connectivity index (χ1) is 8.65. The first kappa shape index (κ1) is 17.5. The summed E-state index contributed by atoms with van der Waals surface area (Å²) in [5, 5.41) is 0. The van der Waals surface area contributed by atoms with Crippen molar-refractivity contribution in [3.8, 4) is 11.5 Å². The second kappa shape index (κ2) is 9.47. The molecule has 0 saturated heterocycles. The SMILES string of the molecule is [CH2-]c1ccc(OC)cc1.[CH2-]c1ccc(OC)cc1.[Mg+2]. The van der Waals surface area contributed by atoms with Gasteiger partial charge in [-0.05, 0) is 0 Å². The van der Waals surface area contributed by atoms with Crippen LogP contribution in [0.15, 0.2) is 48.5 Å². The molecular formula is C16H18MgO2. The van der Waals surface area contributed by atoms with Crippen molar-refractivity contribution in [2.24, 2.45) is 0 Å². The fourth-order valence-electron chi connectivity index (χ4n) is 1.25. The van der Waals surface area contributed by atoms with E-state index in [1.807, 2.05) is 48.5 Å². The van der Waals surface area contributed by atoms with Gasteiger partial charge in [-0.3, -0.25) is 0 Å². The van der Waals surface area contributed by atoms with Crippen LogP contribution in [0.5, 0.6) is 11.5 Å². The summed E-state index contributed by atoms with van der Waals surface area (Å²) in [7, 11) is 3.30. The summed E-state index contributed by atoms with van der Waals surface area (Å²) < 4.78 is 9.88. The van der Waals surface area contributed by atoms with Crippen LogP contribution in [-0.2, 0) is 0 Å². The van der Waals surface area contributed by atoms with Crippen molar-refractivity contribution in [3.05, 3.63) is 73.5 Å². The molecule has 0 saturated carbocycles. The molecule has 2 aromatic carbocycles. The maximum Gasteiger partial charge on any atom is 2.00 e. The first-order valence-electron chi connectivity index (χ1n) is 5.57. The van der Waals surface area contributed by atoms with E-state index in [1.54, 1.807) is 14.2 Å². The van der Waals surface area contributed by atoms with Crippen molar-refractivity contribution in [2.75, 3.05) is 14.2 Å². The molecule has 0 N–H and O–H groups in total. The van der Waals surface area contributed by atoms with Crippen molar-refractivity contribution in [1.82, 2.24) is 0 Å². The van der Waals surface area contributed by atoms with Crippen LogP contribution in [0.3, 0.4) is 0 Å². The Morgan fingerprint density at radius 3 is 1.11 bits per heavy atom. The molecule has 0 atom stereocenters. The Morgan fingerprint density at radius 2 is 0.895 bits per heavy atom. The normalized spacial score (nSPS) is 8.53. The number of rotatable bonds is 2. The van der Waals surface area contributed by atoms with Crippen molar-refractivity contribution >= 4 is 23.1 Å². The average molecular weight is 267 g/mol. The van der Waals surface area contributed by atoms with Crippen LogP contribution in [-0.4, -0.2) is 37.3 Å². The van der Waals surface area contributed by atoms with Gasteiger partial charge in [-0.15, -0.1) is 0 Å². The summed E-state index contributed by atoms with van der Waals surface area (Å²) in [5.41, 5.74) is 2.02. The van der Waals surface area contributed by atoms with Crippen LogP contribution in [0.4, 0.5) is 0 Å². The van der Waals surface area contributed by atoms with Gasteiger partial charge in [0.15, 0.2) is 0 Å². The van der Waals surface area contributed by atoms with Gasteiger partial charge >= 0.3 is 23.1 Å². The van der Waals surface area contributed by atoms with Gasteiger partial charge in [0.1, 0.15) is 0 Å². The van der Waals surface area contributed by atoms with E-state index >= 15 is 0 Å². The van der Waals surface area contributed by atoms with Gasteiger partial charge in [-0.2, -0.15) is 49.2 Å². The molecule has 3 heteroatoms. The maximum atomic E-state index is 4.94. The summed E-state index contributed by atoms with van der Waals surface area (Å²) in [6, 6.07) is 15.2. The minimum atomic E-state index is 0. The van der Waals surface area contributed by atoms with Crippen molar-refractivity contribution in [2.45, 2.75) is 0 Å². The van der Waals surface area contributed by atoms with Gasteiger partial charge < -0.3 is 9.47 Å². The molecule has 0 bridgehead atoms. The van der Waals surface area contributed by atoms with E-state index in [1.165, 1.54) is 0 Å². The van der Waals surface area contributed by atoms with Crippen molar-refractivity contribution in [1.29, 1.82) is 0 Å². The smallest absolute Gasteiger partial charge is 0.499 e. The fourth-order valence-corrected chi connectivity index (χ4v) is 1.25. The van der Waals surface area contributed by atoms with E-state index in [2.05, 4.69) is 13.8 Å². The van der Waals surface area contributed by atoms with E-state index in [0.29, 0.717) is 0 Å². The Labute approximate surface area is 131 Å². The molecule has 2 rings (SSSR count). The second-order valence-corrected chi connectivity index (χ2v) is 3.70. The monoisotopic (exact) mass is 266 g/mol. The Morgan fingerprint density at radius 1 is 0.632 bits per heavy atom. The van der Waals surface area contributed by atoms with Gasteiger partial charge in [0, 0.05) is 0 Å². The molecule has 0 aromatic heterocycles. The summed E-state index contributed by atoms with van der Waals surface area (Å²) in [5.74, 6) is 1.75. The largest absolute Gasteiger partial charge is 2.00 e. The molecule has 0 aliphatic rings. The van der Waals surface area contributed by atoms with Crippen LogP contribution in [0.25, 0.3) is 0 Å². The average Bonchev–Trinajstić information content (AvgIpc) is 2.41. The van der Waals surface area contributed by atoms with Gasteiger partial charge in [-0.1, -0.05) is 24.3 Å². The molecule has 0 amide bonds. The van der Waals surface area contributed by atoms with Crippen LogP contribution in [0, 0.1) is 13.8 Å². The number of methoxy groups -OCH3 is 2. The van der Waals surface area contributed by atoms with E-state index < -0.39 is 0 Å². The third kappa shape index (κ3) is 6.89. The van der Waals surface area contributed by atoms with E-state index in [9.17, 15) is 0 Å². The van der Waals surface area contributed by atoms with Crippen LogP contribution >= 0.6 is 0 Å². The second-order valence-electron chi connectivity index (χ2n) is 3.70. The van der Waals surface area contributed by atoms with E-state index in [4.69, 9.17) is 9.47 Å². The zero-order chi connectivity index (χ0) is 13.4. The fraction of sp³-hybridized carbons (Fsp3) is 0.125. The van der Waals surface area contributed by atoms with E-state index in [0.717, 1.165) is 22.6 Å². The zero-order valence-corrected chi connectivity index (χ0v) is 13.0. The third-order valence-electron chi connectivity index (χ3n) is 2.32. The van der Waals surface area contributed by atoms with E-state index in [-0.39, 0.29) is 23.1 Å². The predicted octanol–water partition coefficient (Wildman–Crippen LogP) is 3.37. The standard InChI is InChI=1S/2C8H9O.Mg/c2*1-7-3-5-8(9-2)6-4-7;/h2*3-6H,1H2,2H3;/q2*-1;+2. The summed E-state index contributed by atoms with van der Waals surface area (Å²) in [4.78, 5) is 0. The first-order valence-corrected chi connectivity index (χ1v) is 5.57.